The molecule has 3 aromatic carbocycles. The Morgan fingerprint density at radius 2 is 1.56 bits per heavy atom. The van der Waals surface area contributed by atoms with Crippen molar-refractivity contribution in [3.63, 3.8) is 0 Å². The van der Waals surface area contributed by atoms with Gasteiger partial charge in [0.15, 0.2) is 0 Å². The quantitative estimate of drug-likeness (QED) is 0.303. The molecule has 0 aliphatic heterocycles. The lowest BCUT2D eigenvalue weighted by molar-refractivity contribution is -0.119. The number of carbonyl (C=O) groups excluding carboxylic acids is 1. The number of anilines is 1. The van der Waals surface area contributed by atoms with Crippen LogP contribution in [0.4, 0.5) is 5.69 Å². The second-order valence-corrected chi connectivity index (χ2v) is 9.03. The van der Waals surface area contributed by atoms with E-state index < -0.39 is 0 Å². The Bertz CT molecular complexity index is 1170. The monoisotopic (exact) mass is 446 g/mol. The van der Waals surface area contributed by atoms with Gasteiger partial charge in [-0.15, -0.1) is 0 Å². The summed E-state index contributed by atoms with van der Waals surface area (Å²) in [5, 5.41) is 0. The molecule has 0 N–H and O–H groups in total. The van der Waals surface area contributed by atoms with Crippen molar-refractivity contribution < 1.29 is 4.79 Å². The van der Waals surface area contributed by atoms with E-state index in [4.69, 9.17) is 0 Å². The molecule has 1 aromatic heterocycles. The number of para-hydroxylation sites is 1. The number of aromatic nitrogens is 1. The van der Waals surface area contributed by atoms with Crippen LogP contribution in [0.3, 0.4) is 0 Å². The summed E-state index contributed by atoms with van der Waals surface area (Å²) >= 11 is 0. The Balaban J connectivity index is 1.48. The number of nitrogens with zero attached hydrogens (tertiary/aromatic N) is 2. The average molecular weight is 447 g/mol. The maximum absolute atomic E-state index is 14.0. The summed E-state index contributed by atoms with van der Waals surface area (Å²) < 4.78 is 0. The SMILES string of the molecule is O=C(CCC1CCCc2ccccc21)N(c1ccccc1)C(c1ccccc1)c1cccnc1. The third-order valence-electron chi connectivity index (χ3n) is 6.88. The molecule has 170 valence electrons. The highest BCUT2D eigenvalue weighted by Crippen LogP contribution is 2.37. The molecule has 0 bridgehead atoms. The van der Waals surface area contributed by atoms with Crippen LogP contribution in [-0.4, -0.2) is 10.9 Å². The van der Waals surface area contributed by atoms with Gasteiger partial charge in [-0.3, -0.25) is 9.78 Å². The molecule has 1 aliphatic rings. The molecule has 1 heterocycles. The lowest BCUT2D eigenvalue weighted by Gasteiger charge is -2.33. The van der Waals surface area contributed by atoms with E-state index in [2.05, 4.69) is 47.4 Å². The molecule has 0 fully saturated rings. The van der Waals surface area contributed by atoms with E-state index in [1.807, 2.05) is 65.7 Å². The Kier molecular flexibility index (Phi) is 6.81. The van der Waals surface area contributed by atoms with Crippen LogP contribution in [0, 0.1) is 0 Å². The highest BCUT2D eigenvalue weighted by Gasteiger charge is 2.29. The Hall–Kier alpha value is -3.72. The highest BCUT2D eigenvalue weighted by atomic mass is 16.2. The van der Waals surface area contributed by atoms with Gasteiger partial charge < -0.3 is 4.90 Å². The first-order chi connectivity index (χ1) is 16.8. The summed E-state index contributed by atoms with van der Waals surface area (Å²) in [4.78, 5) is 20.3. The van der Waals surface area contributed by atoms with Gasteiger partial charge in [-0.25, -0.2) is 0 Å². The van der Waals surface area contributed by atoms with Gasteiger partial charge in [0.1, 0.15) is 0 Å². The van der Waals surface area contributed by atoms with Crippen LogP contribution in [0.2, 0.25) is 0 Å². The normalized spacial score (nSPS) is 15.8. The molecule has 2 unspecified atom stereocenters. The van der Waals surface area contributed by atoms with E-state index in [1.54, 1.807) is 6.20 Å². The maximum atomic E-state index is 14.0. The van der Waals surface area contributed by atoms with Gasteiger partial charge in [-0.1, -0.05) is 78.9 Å². The Labute approximate surface area is 202 Å². The fraction of sp³-hybridized carbons (Fsp3) is 0.226. The van der Waals surface area contributed by atoms with E-state index in [0.717, 1.165) is 36.1 Å². The second kappa shape index (κ2) is 10.5. The molecule has 5 rings (SSSR count). The van der Waals surface area contributed by atoms with Crippen LogP contribution in [-0.2, 0) is 11.2 Å². The topological polar surface area (TPSA) is 33.2 Å². The van der Waals surface area contributed by atoms with Crippen LogP contribution in [0.5, 0.6) is 0 Å². The van der Waals surface area contributed by atoms with E-state index in [-0.39, 0.29) is 11.9 Å². The molecule has 0 saturated carbocycles. The van der Waals surface area contributed by atoms with Crippen molar-refractivity contribution in [3.8, 4) is 0 Å². The van der Waals surface area contributed by atoms with Gasteiger partial charge in [0.05, 0.1) is 6.04 Å². The van der Waals surface area contributed by atoms with Crippen LogP contribution in [0.15, 0.2) is 109 Å². The molecule has 2 atom stereocenters. The van der Waals surface area contributed by atoms with Crippen LogP contribution in [0.25, 0.3) is 0 Å². The molecule has 1 aliphatic carbocycles. The number of carbonyl (C=O) groups is 1. The lowest BCUT2D eigenvalue weighted by atomic mass is 9.80. The number of aryl methyl sites for hydroxylation is 1. The minimum Gasteiger partial charge on any atom is -0.301 e. The minimum atomic E-state index is -0.233. The fourth-order valence-electron chi connectivity index (χ4n) is 5.26. The summed E-state index contributed by atoms with van der Waals surface area (Å²) in [5.41, 5.74) is 5.88. The summed E-state index contributed by atoms with van der Waals surface area (Å²) in [6, 6.07) is 32.8. The summed E-state index contributed by atoms with van der Waals surface area (Å²) in [6.45, 7) is 0. The van der Waals surface area contributed by atoms with Crippen LogP contribution < -0.4 is 4.90 Å². The van der Waals surface area contributed by atoms with Crippen LogP contribution in [0.1, 0.15) is 59.9 Å². The molecular formula is C31H30N2O. The lowest BCUT2D eigenvalue weighted by Crippen LogP contribution is -2.36. The number of pyridine rings is 1. The van der Waals surface area contributed by atoms with Gasteiger partial charge in [0, 0.05) is 24.5 Å². The molecule has 34 heavy (non-hydrogen) atoms. The van der Waals surface area contributed by atoms with E-state index >= 15 is 0 Å². The van der Waals surface area contributed by atoms with E-state index in [1.165, 1.54) is 17.5 Å². The number of hydrogen-bond acceptors (Lipinski definition) is 2. The summed E-state index contributed by atoms with van der Waals surface area (Å²) in [7, 11) is 0. The van der Waals surface area contributed by atoms with E-state index in [0.29, 0.717) is 12.3 Å². The summed E-state index contributed by atoms with van der Waals surface area (Å²) in [6.07, 6.45) is 8.53. The van der Waals surface area contributed by atoms with Crippen molar-refractivity contribution in [1.82, 2.24) is 4.98 Å². The fourth-order valence-corrected chi connectivity index (χ4v) is 5.26. The number of amides is 1. The van der Waals surface area contributed by atoms with Gasteiger partial charge in [0.25, 0.3) is 0 Å². The molecule has 4 aromatic rings. The third kappa shape index (κ3) is 4.79. The molecule has 3 heteroatoms. The molecule has 3 nitrogen and oxygen atoms in total. The van der Waals surface area contributed by atoms with Crippen molar-refractivity contribution in [1.29, 1.82) is 0 Å². The van der Waals surface area contributed by atoms with Gasteiger partial charge in [-0.05, 0) is 72.1 Å². The maximum Gasteiger partial charge on any atom is 0.227 e. The van der Waals surface area contributed by atoms with Crippen molar-refractivity contribution in [3.05, 3.63) is 132 Å². The van der Waals surface area contributed by atoms with Crippen molar-refractivity contribution in [2.45, 2.75) is 44.1 Å². The molecule has 0 spiro atoms. The number of rotatable bonds is 7. The number of hydrogen-bond donors (Lipinski definition) is 0. The zero-order chi connectivity index (χ0) is 23.2. The zero-order valence-electron chi connectivity index (χ0n) is 19.4. The van der Waals surface area contributed by atoms with Gasteiger partial charge in [0.2, 0.25) is 5.91 Å². The first-order valence-corrected chi connectivity index (χ1v) is 12.2. The number of fused-ring (bicyclic) bond motifs is 1. The first-order valence-electron chi connectivity index (χ1n) is 12.2. The molecule has 0 saturated heterocycles. The average Bonchev–Trinajstić information content (AvgIpc) is 2.91. The van der Waals surface area contributed by atoms with E-state index in [9.17, 15) is 4.79 Å². The Morgan fingerprint density at radius 3 is 2.32 bits per heavy atom. The predicted octanol–water partition coefficient (Wildman–Crippen LogP) is 7.10. The largest absolute Gasteiger partial charge is 0.301 e. The minimum absolute atomic E-state index is 0.145. The number of benzene rings is 3. The first kappa shape index (κ1) is 22.1. The molecular weight excluding hydrogens is 416 g/mol. The smallest absolute Gasteiger partial charge is 0.227 e. The highest BCUT2D eigenvalue weighted by molar-refractivity contribution is 5.94. The van der Waals surface area contributed by atoms with Crippen LogP contribution >= 0.6 is 0 Å². The Morgan fingerprint density at radius 1 is 0.853 bits per heavy atom. The third-order valence-corrected chi connectivity index (χ3v) is 6.88. The molecule has 1 amide bonds. The second-order valence-electron chi connectivity index (χ2n) is 9.03. The van der Waals surface area contributed by atoms with Crippen molar-refractivity contribution >= 4 is 11.6 Å². The zero-order valence-corrected chi connectivity index (χ0v) is 19.4. The van der Waals surface area contributed by atoms with Gasteiger partial charge >= 0.3 is 0 Å². The standard InChI is InChI=1S/C31H30N2O/c34-30(21-20-25-15-9-14-24-11-7-8-19-29(24)25)33(28-17-5-2-6-18-28)31(26-12-3-1-4-13-26)27-16-10-22-32-23-27/h1-8,10-13,16-19,22-23,25,31H,9,14-15,20-21H2. The molecule has 0 radical (unpaired) electrons. The predicted molar refractivity (Wildman–Crippen MR) is 138 cm³/mol. The van der Waals surface area contributed by atoms with Crippen molar-refractivity contribution in [2.75, 3.05) is 4.90 Å². The van der Waals surface area contributed by atoms with Crippen molar-refractivity contribution in [2.24, 2.45) is 0 Å². The summed E-state index contributed by atoms with van der Waals surface area (Å²) in [5.74, 6) is 0.590. The van der Waals surface area contributed by atoms with Gasteiger partial charge in [-0.2, -0.15) is 0 Å².